The van der Waals surface area contributed by atoms with Crippen LogP contribution in [0.15, 0.2) is 47.2 Å². The van der Waals surface area contributed by atoms with E-state index in [1.807, 2.05) is 30.3 Å². The fourth-order valence-corrected chi connectivity index (χ4v) is 1.95. The van der Waals surface area contributed by atoms with Crippen LogP contribution < -0.4 is 5.32 Å². The molecule has 0 unspecified atom stereocenters. The lowest BCUT2D eigenvalue weighted by Gasteiger charge is -2.09. The number of anilines is 1. The molecule has 0 aliphatic heterocycles. The summed E-state index contributed by atoms with van der Waals surface area (Å²) in [6.45, 7) is 0.147. The van der Waals surface area contributed by atoms with Crippen molar-refractivity contribution >= 4 is 33.7 Å². The Balaban J connectivity index is 2.00. The van der Waals surface area contributed by atoms with Crippen molar-refractivity contribution in [1.82, 2.24) is 4.98 Å². The molecule has 7 heteroatoms. The van der Waals surface area contributed by atoms with Crippen LogP contribution in [0.25, 0.3) is 0 Å². The van der Waals surface area contributed by atoms with Gasteiger partial charge in [-0.3, -0.25) is 5.32 Å². The minimum atomic E-state index is -0.645. The summed E-state index contributed by atoms with van der Waals surface area (Å²) < 4.78 is 10.1. The maximum Gasteiger partial charge on any atom is 0.412 e. The predicted molar refractivity (Wildman–Crippen MR) is 83.5 cm³/mol. The van der Waals surface area contributed by atoms with Crippen LogP contribution in [0.2, 0.25) is 0 Å². The summed E-state index contributed by atoms with van der Waals surface area (Å²) in [5.74, 6) is -0.541. The van der Waals surface area contributed by atoms with Gasteiger partial charge in [0.05, 0.1) is 18.4 Å². The van der Waals surface area contributed by atoms with Crippen molar-refractivity contribution in [3.8, 4) is 0 Å². The number of nitrogens with zero attached hydrogens (tertiary/aromatic N) is 1. The molecule has 1 aromatic heterocycles. The van der Waals surface area contributed by atoms with Gasteiger partial charge in [-0.1, -0.05) is 30.3 Å². The van der Waals surface area contributed by atoms with Gasteiger partial charge in [0.1, 0.15) is 11.2 Å². The number of halogens is 1. The van der Waals surface area contributed by atoms with Gasteiger partial charge in [-0.15, -0.1) is 0 Å². The molecule has 1 heterocycles. The molecule has 0 aliphatic carbocycles. The van der Waals surface area contributed by atoms with Gasteiger partial charge in [-0.25, -0.2) is 14.6 Å². The van der Waals surface area contributed by atoms with Crippen molar-refractivity contribution in [2.75, 3.05) is 12.4 Å². The van der Waals surface area contributed by atoms with Crippen molar-refractivity contribution in [3.63, 3.8) is 0 Å². The second kappa shape index (κ2) is 7.56. The number of nitrogens with one attached hydrogen (secondary N) is 1. The van der Waals surface area contributed by atoms with E-state index in [1.165, 1.54) is 19.4 Å². The van der Waals surface area contributed by atoms with E-state index in [4.69, 9.17) is 4.74 Å². The number of carbonyl (C=O) groups is 2. The normalized spacial score (nSPS) is 9.91. The van der Waals surface area contributed by atoms with Gasteiger partial charge in [-0.2, -0.15) is 0 Å². The number of ether oxygens (including phenoxy) is 2. The SMILES string of the molecule is COC(=O)c1cnc(Br)c(NC(=O)OCc2ccccc2)c1. The Hall–Kier alpha value is -2.41. The van der Waals surface area contributed by atoms with E-state index in [9.17, 15) is 9.59 Å². The zero-order chi connectivity index (χ0) is 15.9. The third-order valence-electron chi connectivity index (χ3n) is 2.71. The molecule has 6 nitrogen and oxygen atoms in total. The van der Waals surface area contributed by atoms with E-state index in [0.29, 0.717) is 10.3 Å². The van der Waals surface area contributed by atoms with Gasteiger partial charge in [0.15, 0.2) is 0 Å². The summed E-state index contributed by atoms with van der Waals surface area (Å²) in [5, 5.41) is 2.52. The van der Waals surface area contributed by atoms with Crippen molar-refractivity contribution in [3.05, 3.63) is 58.3 Å². The molecule has 0 aliphatic rings. The van der Waals surface area contributed by atoms with E-state index >= 15 is 0 Å². The summed E-state index contributed by atoms with van der Waals surface area (Å²) in [4.78, 5) is 27.2. The molecular formula is C15H13BrN2O4. The number of esters is 1. The van der Waals surface area contributed by atoms with Gasteiger partial charge < -0.3 is 9.47 Å². The highest BCUT2D eigenvalue weighted by molar-refractivity contribution is 9.10. The van der Waals surface area contributed by atoms with Crippen LogP contribution >= 0.6 is 15.9 Å². The third-order valence-corrected chi connectivity index (χ3v) is 3.34. The minimum absolute atomic E-state index is 0.147. The lowest BCUT2D eigenvalue weighted by Crippen LogP contribution is -2.15. The number of methoxy groups -OCH3 is 1. The molecule has 0 bridgehead atoms. The second-order valence-corrected chi connectivity index (χ2v) is 4.99. The summed E-state index contributed by atoms with van der Waals surface area (Å²) >= 11 is 3.19. The van der Waals surface area contributed by atoms with E-state index in [-0.39, 0.29) is 12.2 Å². The van der Waals surface area contributed by atoms with E-state index < -0.39 is 12.1 Å². The largest absolute Gasteiger partial charge is 0.465 e. The van der Waals surface area contributed by atoms with E-state index in [1.54, 1.807) is 0 Å². The predicted octanol–water partition coefficient (Wildman–Crippen LogP) is 3.38. The molecule has 0 fully saturated rings. The Morgan fingerprint density at radius 2 is 2.00 bits per heavy atom. The number of pyridine rings is 1. The minimum Gasteiger partial charge on any atom is -0.465 e. The van der Waals surface area contributed by atoms with Gasteiger partial charge in [-0.05, 0) is 27.6 Å². The number of benzene rings is 1. The van der Waals surface area contributed by atoms with Crippen molar-refractivity contribution < 1.29 is 19.1 Å². The highest BCUT2D eigenvalue weighted by Crippen LogP contribution is 2.21. The Morgan fingerprint density at radius 3 is 2.68 bits per heavy atom. The number of aromatic nitrogens is 1. The number of hydrogen-bond acceptors (Lipinski definition) is 5. The molecule has 0 spiro atoms. The van der Waals surface area contributed by atoms with Gasteiger partial charge in [0.25, 0.3) is 0 Å². The molecule has 2 aromatic rings. The Morgan fingerprint density at radius 1 is 1.27 bits per heavy atom. The molecule has 0 radical (unpaired) electrons. The van der Waals surface area contributed by atoms with Crippen molar-refractivity contribution in [1.29, 1.82) is 0 Å². The van der Waals surface area contributed by atoms with E-state index in [2.05, 4.69) is 31.0 Å². The zero-order valence-corrected chi connectivity index (χ0v) is 13.3. The summed E-state index contributed by atoms with van der Waals surface area (Å²) in [6, 6.07) is 10.7. The first-order chi connectivity index (χ1) is 10.6. The molecule has 1 N–H and O–H groups in total. The van der Waals surface area contributed by atoms with Crippen LogP contribution in [0.5, 0.6) is 0 Å². The second-order valence-electron chi connectivity index (χ2n) is 4.24. The maximum absolute atomic E-state index is 11.8. The van der Waals surface area contributed by atoms with E-state index in [0.717, 1.165) is 5.56 Å². The number of carbonyl (C=O) groups excluding carboxylic acids is 2. The van der Waals surface area contributed by atoms with Crippen molar-refractivity contribution in [2.24, 2.45) is 0 Å². The Bertz CT molecular complexity index is 676. The van der Waals surface area contributed by atoms with Crippen LogP contribution in [0.3, 0.4) is 0 Å². The monoisotopic (exact) mass is 364 g/mol. The van der Waals surface area contributed by atoms with Crippen LogP contribution in [0.1, 0.15) is 15.9 Å². The van der Waals surface area contributed by atoms with Crippen LogP contribution in [0.4, 0.5) is 10.5 Å². The number of amides is 1. The van der Waals surface area contributed by atoms with Gasteiger partial charge in [0, 0.05) is 6.20 Å². The topological polar surface area (TPSA) is 77.5 Å². The number of hydrogen-bond donors (Lipinski definition) is 1. The smallest absolute Gasteiger partial charge is 0.412 e. The summed E-state index contributed by atoms with van der Waals surface area (Å²) in [6.07, 6.45) is 0.699. The molecule has 22 heavy (non-hydrogen) atoms. The lowest BCUT2D eigenvalue weighted by molar-refractivity contribution is 0.0600. The molecule has 0 atom stereocenters. The van der Waals surface area contributed by atoms with Crippen LogP contribution in [0, 0.1) is 0 Å². The summed E-state index contributed by atoms with van der Waals surface area (Å²) in [7, 11) is 1.27. The first-order valence-electron chi connectivity index (χ1n) is 6.31. The quantitative estimate of drug-likeness (QED) is 0.664. The first-order valence-corrected chi connectivity index (χ1v) is 7.11. The van der Waals surface area contributed by atoms with Crippen LogP contribution in [-0.4, -0.2) is 24.2 Å². The highest BCUT2D eigenvalue weighted by atomic mass is 79.9. The molecule has 1 aromatic carbocycles. The van der Waals surface area contributed by atoms with Gasteiger partial charge >= 0.3 is 12.1 Å². The molecular weight excluding hydrogens is 352 g/mol. The van der Waals surface area contributed by atoms with Crippen LogP contribution in [-0.2, 0) is 16.1 Å². The first kappa shape index (κ1) is 16.0. The maximum atomic E-state index is 11.8. The highest BCUT2D eigenvalue weighted by Gasteiger charge is 2.12. The fourth-order valence-electron chi connectivity index (χ4n) is 1.63. The zero-order valence-electron chi connectivity index (χ0n) is 11.7. The average Bonchev–Trinajstić information content (AvgIpc) is 2.55. The fraction of sp³-hybridized carbons (Fsp3) is 0.133. The average molecular weight is 365 g/mol. The Kier molecular flexibility index (Phi) is 5.48. The lowest BCUT2D eigenvalue weighted by atomic mass is 10.2. The number of rotatable bonds is 4. The molecule has 2 rings (SSSR count). The molecule has 0 saturated carbocycles. The molecule has 1 amide bonds. The Labute approximate surface area is 135 Å². The third kappa shape index (κ3) is 4.29. The summed E-state index contributed by atoms with van der Waals surface area (Å²) in [5.41, 5.74) is 1.42. The van der Waals surface area contributed by atoms with Gasteiger partial charge in [0.2, 0.25) is 0 Å². The molecule has 114 valence electrons. The van der Waals surface area contributed by atoms with Crippen molar-refractivity contribution in [2.45, 2.75) is 6.61 Å². The molecule has 0 saturated heterocycles. The standard InChI is InChI=1S/C15H13BrN2O4/c1-21-14(19)11-7-12(13(16)17-8-11)18-15(20)22-9-10-5-3-2-4-6-10/h2-8H,9H2,1H3,(H,18,20).